The molecule has 8 aromatic heterocycles. The first-order valence-corrected chi connectivity index (χ1v) is 34.2. The molecule has 0 saturated heterocycles. The van der Waals surface area contributed by atoms with E-state index >= 15 is 0 Å². The molecule has 0 bridgehead atoms. The van der Waals surface area contributed by atoms with E-state index in [1.54, 1.807) is 11.3 Å². The van der Waals surface area contributed by atoms with Gasteiger partial charge < -0.3 is 22.2 Å². The Kier molecular flexibility index (Phi) is 12.8. The Morgan fingerprint density at radius 2 is 0.706 bits per heavy atom. The van der Waals surface area contributed by atoms with Gasteiger partial charge in [-0.3, -0.25) is 0 Å². The second-order valence-electron chi connectivity index (χ2n) is 25.2. The van der Waals surface area contributed by atoms with Gasteiger partial charge in [0.2, 0.25) is 11.8 Å². The van der Waals surface area contributed by atoms with Crippen LogP contribution in [0.3, 0.4) is 0 Å². The Morgan fingerprint density at radius 3 is 1.31 bits per heavy atom. The maximum atomic E-state index is 6.52. The number of fused-ring (bicyclic) bond motifs is 12. The standard InChI is InChI=1S/C87H48N10O4S/c1-3-16-49(17-4-1)79-91-81(95-83(93-79)61-23-14-30-74-77(61)63-45-56(37-41-70(63)98-74)85-88-65-25-8-11-28-72(65)100-85)51-32-34-52(35-33-51)87-90-67-47-53(39-43-76(67)102-87)54-36-40-60-59-22-7-10-27-68(59)97(69(60)48-54)58-21-13-20-55(44-58)82-92-80(50-18-5-2-6-19-50)94-84(96-82)62-24-15-31-75-78(62)64-46-57(38-42-71(64)99-75)86-89-66-26-9-12-29-73(66)101-86/h1-48H. The quantitative estimate of drug-likeness (QED) is 0.120. The van der Waals surface area contributed by atoms with E-state index < -0.39 is 0 Å². The van der Waals surface area contributed by atoms with Crippen molar-refractivity contribution in [2.75, 3.05) is 0 Å². The van der Waals surface area contributed by atoms with Crippen molar-refractivity contribution in [1.29, 1.82) is 0 Å². The molecule has 0 aliphatic heterocycles. The Balaban J connectivity index is 0.616. The number of thiazole rings is 1. The minimum Gasteiger partial charge on any atom is -0.456 e. The van der Waals surface area contributed by atoms with Crippen LogP contribution in [0.4, 0.5) is 0 Å². The van der Waals surface area contributed by atoms with Gasteiger partial charge in [-0.25, -0.2) is 44.9 Å². The third kappa shape index (κ3) is 9.58. The van der Waals surface area contributed by atoms with Crippen LogP contribution in [-0.2, 0) is 0 Å². The zero-order valence-corrected chi connectivity index (χ0v) is 54.5. The second kappa shape index (κ2) is 22.9. The Morgan fingerprint density at radius 1 is 0.245 bits per heavy atom. The van der Waals surface area contributed by atoms with Gasteiger partial charge in [0.05, 0.1) is 21.3 Å². The SMILES string of the molecule is c1ccc(-c2nc(-c3ccc(-c4nc5cc(-c6ccc7c8ccccc8n(-c8cccc(-c9nc(-c%10ccccc%10)nc(-c%10cccc%11oc%12ccc(-c%13nc%14ccccc%14o%13)cc%12c%10%11)n9)c8)c7c6)ccc5s4)cc3)nc(-c3cccc4oc5ccc(-c6nc7ccccc7o6)cc5c34)n2)cc1. The number of rotatable bonds is 11. The van der Waals surface area contributed by atoms with Gasteiger partial charge in [-0.2, -0.15) is 0 Å². The van der Waals surface area contributed by atoms with Crippen molar-refractivity contribution in [2.24, 2.45) is 0 Å². The van der Waals surface area contributed by atoms with Crippen LogP contribution in [0, 0.1) is 0 Å². The van der Waals surface area contributed by atoms with Gasteiger partial charge in [0.1, 0.15) is 38.4 Å². The number of benzene rings is 13. The fourth-order valence-corrected chi connectivity index (χ4v) is 15.1. The molecule has 476 valence electrons. The summed E-state index contributed by atoms with van der Waals surface area (Å²) < 4.78 is 28.9. The minimum atomic E-state index is 0.515. The molecule has 0 atom stereocenters. The van der Waals surface area contributed by atoms with Crippen LogP contribution in [0.5, 0.6) is 0 Å². The number of furan rings is 2. The molecule has 0 unspecified atom stereocenters. The first-order valence-electron chi connectivity index (χ1n) is 33.4. The molecule has 0 N–H and O–H groups in total. The second-order valence-corrected chi connectivity index (χ2v) is 26.2. The first kappa shape index (κ1) is 57.2. The predicted octanol–water partition coefficient (Wildman–Crippen LogP) is 22.5. The van der Waals surface area contributed by atoms with E-state index in [1.165, 1.54) is 0 Å². The summed E-state index contributed by atoms with van der Waals surface area (Å²) in [5.74, 6) is 4.28. The summed E-state index contributed by atoms with van der Waals surface area (Å²) in [6.07, 6.45) is 0. The molecule has 21 aromatic rings. The molecule has 14 nitrogen and oxygen atoms in total. The highest BCUT2D eigenvalue weighted by Crippen LogP contribution is 2.44. The smallest absolute Gasteiger partial charge is 0.227 e. The lowest BCUT2D eigenvalue weighted by atomic mass is 10.0. The van der Waals surface area contributed by atoms with Crippen molar-refractivity contribution < 1.29 is 17.7 Å². The highest BCUT2D eigenvalue weighted by atomic mass is 32.1. The monoisotopic (exact) mass is 1330 g/mol. The molecule has 0 saturated carbocycles. The summed E-state index contributed by atoms with van der Waals surface area (Å²) in [4.78, 5) is 46.2. The number of hydrogen-bond acceptors (Lipinski definition) is 14. The van der Waals surface area contributed by atoms with Crippen LogP contribution in [0.2, 0.25) is 0 Å². The van der Waals surface area contributed by atoms with Crippen LogP contribution in [0.1, 0.15) is 0 Å². The fourth-order valence-electron chi connectivity index (χ4n) is 14.2. The van der Waals surface area contributed by atoms with Crippen molar-refractivity contribution in [3.8, 4) is 119 Å². The molecule has 13 aromatic carbocycles. The molecule has 8 heterocycles. The summed E-state index contributed by atoms with van der Waals surface area (Å²) in [6.45, 7) is 0. The normalized spacial score (nSPS) is 11.9. The Labute approximate surface area is 582 Å². The predicted molar refractivity (Wildman–Crippen MR) is 405 cm³/mol. The van der Waals surface area contributed by atoms with E-state index in [0.717, 1.165) is 159 Å². The van der Waals surface area contributed by atoms with Crippen molar-refractivity contribution in [2.45, 2.75) is 0 Å². The molecule has 0 amide bonds. The Hall–Kier alpha value is -13.9. The van der Waals surface area contributed by atoms with E-state index in [0.29, 0.717) is 57.9 Å². The zero-order valence-electron chi connectivity index (χ0n) is 53.7. The van der Waals surface area contributed by atoms with E-state index in [2.05, 4.69) is 132 Å². The molecule has 0 aliphatic carbocycles. The van der Waals surface area contributed by atoms with Gasteiger partial charge in [0, 0.05) is 88.1 Å². The van der Waals surface area contributed by atoms with Gasteiger partial charge in [-0.05, 0) is 120 Å². The summed E-state index contributed by atoms with van der Waals surface area (Å²) in [7, 11) is 0. The average molecular weight is 1330 g/mol. The number of oxazole rings is 2. The summed E-state index contributed by atoms with van der Waals surface area (Å²) in [5, 5.41) is 6.74. The van der Waals surface area contributed by atoms with Crippen molar-refractivity contribution in [3.05, 3.63) is 291 Å². The maximum absolute atomic E-state index is 6.52. The highest BCUT2D eigenvalue weighted by molar-refractivity contribution is 7.21. The molecule has 0 spiro atoms. The molecular weight excluding hydrogens is 1280 g/mol. The first-order chi connectivity index (χ1) is 50.4. The minimum absolute atomic E-state index is 0.515. The van der Waals surface area contributed by atoms with Gasteiger partial charge in [-0.1, -0.05) is 182 Å². The fraction of sp³-hybridized carbons (Fsp3) is 0. The summed E-state index contributed by atoms with van der Waals surface area (Å²) >= 11 is 1.66. The number of para-hydroxylation sites is 5. The van der Waals surface area contributed by atoms with Gasteiger partial charge in [-0.15, -0.1) is 11.3 Å². The zero-order chi connectivity index (χ0) is 66.9. The van der Waals surface area contributed by atoms with Crippen LogP contribution >= 0.6 is 11.3 Å². The van der Waals surface area contributed by atoms with Gasteiger partial charge in [0.25, 0.3) is 0 Å². The van der Waals surface area contributed by atoms with Crippen molar-refractivity contribution in [1.82, 2.24) is 49.4 Å². The van der Waals surface area contributed by atoms with E-state index in [9.17, 15) is 0 Å². The molecule has 0 fully saturated rings. The molecule has 0 aliphatic rings. The lowest BCUT2D eigenvalue weighted by molar-refractivity contribution is 0.619. The molecule has 21 rings (SSSR count). The maximum Gasteiger partial charge on any atom is 0.227 e. The number of aromatic nitrogens is 10. The van der Waals surface area contributed by atoms with E-state index in [-0.39, 0.29) is 0 Å². The highest BCUT2D eigenvalue weighted by Gasteiger charge is 2.24. The molecule has 0 radical (unpaired) electrons. The lowest BCUT2D eigenvalue weighted by Gasteiger charge is -2.12. The topological polar surface area (TPSA) is 173 Å². The third-order valence-corrected chi connectivity index (χ3v) is 20.1. The van der Waals surface area contributed by atoms with Crippen molar-refractivity contribution in [3.63, 3.8) is 0 Å². The largest absolute Gasteiger partial charge is 0.456 e. The van der Waals surface area contributed by atoms with Crippen LogP contribution in [0.25, 0.3) is 217 Å². The van der Waals surface area contributed by atoms with Crippen LogP contribution < -0.4 is 0 Å². The third-order valence-electron chi connectivity index (χ3n) is 19.0. The average Bonchev–Trinajstić information content (AvgIpc) is 1.58. The van der Waals surface area contributed by atoms with Gasteiger partial charge in [0.15, 0.2) is 46.1 Å². The molecule has 102 heavy (non-hydrogen) atoms. The van der Waals surface area contributed by atoms with Crippen LogP contribution in [-0.4, -0.2) is 49.4 Å². The summed E-state index contributed by atoms with van der Waals surface area (Å²) in [6, 6.07) is 98.4. The van der Waals surface area contributed by atoms with E-state index in [1.807, 2.05) is 164 Å². The lowest BCUT2D eigenvalue weighted by Crippen LogP contribution is -2.01. The number of hydrogen-bond donors (Lipinski definition) is 0. The van der Waals surface area contributed by atoms with E-state index in [4.69, 9.17) is 62.5 Å². The number of nitrogens with zero attached hydrogens (tertiary/aromatic N) is 10. The van der Waals surface area contributed by atoms with Gasteiger partial charge >= 0.3 is 0 Å². The van der Waals surface area contributed by atoms with Crippen molar-refractivity contribution >= 4 is 109 Å². The summed E-state index contributed by atoms with van der Waals surface area (Å²) in [5.41, 5.74) is 19.7. The Bertz CT molecular complexity index is 6910. The van der Waals surface area contributed by atoms with Crippen LogP contribution in [0.15, 0.2) is 309 Å². The molecule has 15 heteroatoms. The molecular formula is C87H48N10O4S.